The molecular formula is C35H39ClF3N5O8. The van der Waals surface area contributed by atoms with E-state index in [1.807, 2.05) is 0 Å². The summed E-state index contributed by atoms with van der Waals surface area (Å²) in [6.45, 7) is 5.67. The highest BCUT2D eigenvalue weighted by molar-refractivity contribution is 6.32. The minimum atomic E-state index is -4.93. The number of pyridine rings is 1. The molecule has 13 nitrogen and oxygen atoms in total. The van der Waals surface area contributed by atoms with E-state index in [9.17, 15) is 37.5 Å². The zero-order valence-electron chi connectivity index (χ0n) is 28.8. The molecule has 0 bridgehead atoms. The van der Waals surface area contributed by atoms with Crippen LogP contribution in [0.5, 0.6) is 5.75 Å². The molecule has 0 spiro atoms. The molecule has 1 aliphatic rings. The number of halogens is 4. The third-order valence-corrected chi connectivity index (χ3v) is 8.49. The Bertz CT molecular complexity index is 2020. The molecule has 5 rings (SSSR count). The first-order chi connectivity index (χ1) is 24.5. The van der Waals surface area contributed by atoms with E-state index in [1.165, 1.54) is 33.7 Å². The largest absolute Gasteiger partial charge is 0.573 e. The molecule has 1 saturated heterocycles. The predicted octanol–water partition coefficient (Wildman–Crippen LogP) is 6.63. The number of nitrogens with zero attached hydrogens (tertiary/aromatic N) is 4. The van der Waals surface area contributed by atoms with Crippen LogP contribution < -0.4 is 15.6 Å². The Balaban J connectivity index is 1.26. The number of nitrogens with one attached hydrogen (secondary N) is 1. The molecule has 17 heteroatoms. The number of rotatable bonds is 12. The molecule has 3 heterocycles. The minimum Gasteiger partial charge on any atom is -0.478 e. The number of hydrogen-bond donors (Lipinski definition) is 2. The molecule has 0 aliphatic carbocycles. The Morgan fingerprint density at radius 1 is 1.12 bits per heavy atom. The number of carbonyl (C=O) groups excluding carboxylic acids is 2. The van der Waals surface area contributed by atoms with Crippen LogP contribution in [0.25, 0.3) is 21.8 Å². The molecule has 0 radical (unpaired) electrons. The maximum atomic E-state index is 13.7. The maximum Gasteiger partial charge on any atom is 0.573 e. The van der Waals surface area contributed by atoms with Crippen molar-refractivity contribution in [1.82, 2.24) is 24.6 Å². The second-order valence-corrected chi connectivity index (χ2v) is 13.8. The number of aromatic carboxylic acids is 1. The lowest BCUT2D eigenvalue weighted by molar-refractivity contribution is -0.274. The Hall–Kier alpha value is -4.83. The van der Waals surface area contributed by atoms with E-state index in [1.54, 1.807) is 37.7 Å². The molecule has 0 saturated carbocycles. The quantitative estimate of drug-likeness (QED) is 0.152. The summed E-state index contributed by atoms with van der Waals surface area (Å²) in [5, 5.41) is 17.9. The fourth-order valence-electron chi connectivity index (χ4n) is 5.82. The van der Waals surface area contributed by atoms with Crippen LogP contribution in [-0.2, 0) is 27.4 Å². The van der Waals surface area contributed by atoms with Crippen LogP contribution in [-0.4, -0.2) is 74.0 Å². The van der Waals surface area contributed by atoms with E-state index in [0.29, 0.717) is 34.9 Å². The number of ether oxygens (including phenoxy) is 3. The Kier molecular flexibility index (Phi) is 11.7. The summed E-state index contributed by atoms with van der Waals surface area (Å²) in [7, 11) is 0. The molecule has 2 N–H and O–H groups in total. The highest BCUT2D eigenvalue weighted by Crippen LogP contribution is 2.32. The summed E-state index contributed by atoms with van der Waals surface area (Å²) in [5.41, 5.74) is -0.241. The van der Waals surface area contributed by atoms with Crippen molar-refractivity contribution >= 4 is 51.4 Å². The van der Waals surface area contributed by atoms with Crippen LogP contribution in [0.15, 0.2) is 47.4 Å². The summed E-state index contributed by atoms with van der Waals surface area (Å²) in [4.78, 5) is 52.7. The topological polar surface area (TPSA) is 154 Å². The van der Waals surface area contributed by atoms with E-state index in [-0.39, 0.29) is 54.9 Å². The average Bonchev–Trinajstić information content (AvgIpc) is 3.52. The van der Waals surface area contributed by atoms with Crippen LogP contribution in [0.4, 0.5) is 18.0 Å². The number of alkyl halides is 3. The van der Waals surface area contributed by atoms with Gasteiger partial charge in [-0.15, -0.1) is 13.2 Å². The molecule has 1 unspecified atom stereocenters. The van der Waals surface area contributed by atoms with E-state index in [2.05, 4.69) is 15.2 Å². The SMILES string of the molecule is CC(C)(C)OC(=O)N(CCC(=O)NCCCn1c(=O)c2nn(C3CCCCO3)cc2c2ccc(C(=O)O)cc21)Cc1ccc(OC(F)(F)F)c(Cl)c1. The highest BCUT2D eigenvalue weighted by atomic mass is 35.5. The van der Waals surface area contributed by atoms with Crippen molar-refractivity contribution in [3.63, 3.8) is 0 Å². The molecule has 2 aromatic heterocycles. The first-order valence-electron chi connectivity index (χ1n) is 16.7. The van der Waals surface area contributed by atoms with Gasteiger partial charge in [-0.2, -0.15) is 5.10 Å². The van der Waals surface area contributed by atoms with Crippen molar-refractivity contribution in [3.05, 3.63) is 69.1 Å². The van der Waals surface area contributed by atoms with Gasteiger partial charge in [0.2, 0.25) is 5.91 Å². The normalized spacial score (nSPS) is 15.1. The average molecular weight is 750 g/mol. The predicted molar refractivity (Wildman–Crippen MR) is 184 cm³/mol. The van der Waals surface area contributed by atoms with Crippen LogP contribution in [0.2, 0.25) is 5.02 Å². The van der Waals surface area contributed by atoms with Crippen LogP contribution >= 0.6 is 11.6 Å². The number of carboxylic acids is 1. The number of hydrogen-bond acceptors (Lipinski definition) is 8. The molecule has 2 aromatic carbocycles. The van der Waals surface area contributed by atoms with Gasteiger partial charge < -0.3 is 34.1 Å². The number of amides is 2. The van der Waals surface area contributed by atoms with Crippen molar-refractivity contribution < 1.29 is 46.9 Å². The molecule has 1 aliphatic heterocycles. The molecular weight excluding hydrogens is 711 g/mol. The van der Waals surface area contributed by atoms with Gasteiger partial charge in [0, 0.05) is 56.2 Å². The van der Waals surface area contributed by atoms with E-state index >= 15 is 0 Å². The first-order valence-corrected chi connectivity index (χ1v) is 17.1. The third kappa shape index (κ3) is 9.73. The second-order valence-electron chi connectivity index (χ2n) is 13.4. The summed E-state index contributed by atoms with van der Waals surface area (Å²) in [6.07, 6.45) is -1.40. The summed E-state index contributed by atoms with van der Waals surface area (Å²) in [6, 6.07) is 8.16. The van der Waals surface area contributed by atoms with Gasteiger partial charge >= 0.3 is 18.4 Å². The fourth-order valence-corrected chi connectivity index (χ4v) is 6.07. The first kappa shape index (κ1) is 38.4. The highest BCUT2D eigenvalue weighted by Gasteiger charge is 2.32. The van der Waals surface area contributed by atoms with Gasteiger partial charge in [0.05, 0.1) is 16.1 Å². The molecule has 1 atom stereocenters. The van der Waals surface area contributed by atoms with E-state index in [0.717, 1.165) is 25.3 Å². The molecule has 4 aromatic rings. The van der Waals surface area contributed by atoms with Crippen LogP contribution in [0.3, 0.4) is 0 Å². The number of carbonyl (C=O) groups is 3. The van der Waals surface area contributed by atoms with E-state index in [4.69, 9.17) is 21.1 Å². The van der Waals surface area contributed by atoms with Gasteiger partial charge in [-0.25, -0.2) is 14.3 Å². The lowest BCUT2D eigenvalue weighted by Crippen LogP contribution is -2.39. The lowest BCUT2D eigenvalue weighted by atomic mass is 10.1. The van der Waals surface area contributed by atoms with Crippen molar-refractivity contribution in [1.29, 1.82) is 0 Å². The van der Waals surface area contributed by atoms with Gasteiger partial charge in [-0.05, 0) is 76.3 Å². The fraction of sp³-hybridized carbons (Fsp3) is 0.457. The molecule has 1 fully saturated rings. The lowest BCUT2D eigenvalue weighted by Gasteiger charge is -2.27. The zero-order chi connectivity index (χ0) is 37.8. The molecule has 52 heavy (non-hydrogen) atoms. The molecule has 2 amide bonds. The smallest absolute Gasteiger partial charge is 0.478 e. The Labute approximate surface area is 301 Å². The number of aryl methyl sites for hydroxylation is 1. The van der Waals surface area contributed by atoms with Crippen LogP contribution in [0, 0.1) is 0 Å². The summed E-state index contributed by atoms with van der Waals surface area (Å²) < 4.78 is 56.4. The zero-order valence-corrected chi connectivity index (χ0v) is 29.6. The number of aromatic nitrogens is 3. The maximum absolute atomic E-state index is 13.7. The Morgan fingerprint density at radius 3 is 2.54 bits per heavy atom. The third-order valence-electron chi connectivity index (χ3n) is 8.19. The standard InChI is InChI=1S/C35H39ClF3N5O8/c1-34(2,3)52-33(49)42(19-21-8-11-27(25(36)17-21)51-35(37,38)39)15-12-28(45)40-13-6-14-43-26-18-22(32(47)48)9-10-23(26)24-20-44(41-30(24)31(43)46)29-7-4-5-16-50-29/h8-11,17-18,20,29H,4-7,12-16,19H2,1-3H3,(H,40,45)(H,47,48). The van der Waals surface area contributed by atoms with Gasteiger partial charge in [0.1, 0.15) is 17.6 Å². The summed E-state index contributed by atoms with van der Waals surface area (Å²) >= 11 is 5.99. The monoisotopic (exact) mass is 749 g/mol. The van der Waals surface area contributed by atoms with Crippen molar-refractivity contribution in [2.24, 2.45) is 0 Å². The molecule has 280 valence electrons. The number of carboxylic acid groups (broad SMARTS) is 1. The van der Waals surface area contributed by atoms with Crippen molar-refractivity contribution in [3.8, 4) is 5.75 Å². The van der Waals surface area contributed by atoms with Crippen molar-refractivity contribution in [2.45, 2.75) is 84.2 Å². The summed E-state index contributed by atoms with van der Waals surface area (Å²) in [5.74, 6) is -2.15. The van der Waals surface area contributed by atoms with Crippen LogP contribution in [0.1, 0.15) is 75.0 Å². The van der Waals surface area contributed by atoms with Crippen molar-refractivity contribution in [2.75, 3.05) is 19.7 Å². The van der Waals surface area contributed by atoms with E-state index < -0.39 is 41.2 Å². The van der Waals surface area contributed by atoms with Gasteiger partial charge in [-0.3, -0.25) is 9.59 Å². The number of fused-ring (bicyclic) bond motifs is 3. The number of benzene rings is 2. The van der Waals surface area contributed by atoms with Gasteiger partial charge in [0.25, 0.3) is 5.56 Å². The second kappa shape index (κ2) is 15.8. The van der Waals surface area contributed by atoms with Gasteiger partial charge in [0.15, 0.2) is 5.52 Å². The van der Waals surface area contributed by atoms with Gasteiger partial charge in [-0.1, -0.05) is 23.7 Å². The minimum absolute atomic E-state index is 0.0127. The Morgan fingerprint density at radius 2 is 1.88 bits per heavy atom.